The summed E-state index contributed by atoms with van der Waals surface area (Å²) in [7, 11) is 0. The third-order valence-electron chi connectivity index (χ3n) is 2.64. The molecule has 94 valence electrons. The second-order valence-electron chi connectivity index (χ2n) is 3.97. The molecule has 1 aromatic carbocycles. The van der Waals surface area contributed by atoms with Crippen LogP contribution >= 0.6 is 11.3 Å². The lowest BCUT2D eigenvalue weighted by molar-refractivity contribution is 0.0954. The van der Waals surface area contributed by atoms with Crippen LogP contribution in [0.1, 0.15) is 20.9 Å². The zero-order valence-electron chi connectivity index (χ0n) is 10.1. The third kappa shape index (κ3) is 2.87. The Labute approximate surface area is 110 Å². The predicted molar refractivity (Wildman–Crippen MR) is 73.7 cm³/mol. The molecule has 2 aromatic rings. The molecule has 0 fully saturated rings. The Kier molecular flexibility index (Phi) is 3.94. The third-order valence-corrected chi connectivity index (χ3v) is 3.48. The van der Waals surface area contributed by atoms with E-state index in [9.17, 15) is 4.79 Å². The average Bonchev–Trinajstić information content (AvgIpc) is 2.82. The summed E-state index contributed by atoms with van der Waals surface area (Å²) in [6.07, 6.45) is 2.51. The molecule has 0 spiro atoms. The van der Waals surface area contributed by atoms with E-state index in [1.54, 1.807) is 23.6 Å². The van der Waals surface area contributed by atoms with Crippen LogP contribution in [0.15, 0.2) is 29.8 Å². The Hall–Kier alpha value is -1.88. The summed E-state index contributed by atoms with van der Waals surface area (Å²) in [5.41, 5.74) is 7.79. The standard InChI is InChI=1S/C13H15N3OS/c1-9-3-2-4-10(14)12(9)13(17)16-6-5-11-15-7-8-18-11/h2-4,7-8H,5-6,14H2,1H3,(H,16,17). The van der Waals surface area contributed by atoms with E-state index in [0.717, 1.165) is 17.0 Å². The van der Waals surface area contributed by atoms with Gasteiger partial charge in [0.25, 0.3) is 5.91 Å². The normalized spacial score (nSPS) is 10.3. The van der Waals surface area contributed by atoms with Crippen LogP contribution < -0.4 is 11.1 Å². The van der Waals surface area contributed by atoms with Crippen LogP contribution in [-0.2, 0) is 6.42 Å². The maximum atomic E-state index is 12.0. The molecule has 0 saturated carbocycles. The number of hydrogen-bond donors (Lipinski definition) is 2. The number of nitrogens with two attached hydrogens (primary N) is 1. The second-order valence-corrected chi connectivity index (χ2v) is 4.95. The van der Waals surface area contributed by atoms with Crippen molar-refractivity contribution in [3.05, 3.63) is 45.9 Å². The number of carbonyl (C=O) groups excluding carboxylic acids is 1. The number of hydrogen-bond acceptors (Lipinski definition) is 4. The highest BCUT2D eigenvalue weighted by atomic mass is 32.1. The molecule has 0 radical (unpaired) electrons. The van der Waals surface area contributed by atoms with Gasteiger partial charge in [0.15, 0.2) is 0 Å². The first kappa shape index (κ1) is 12.6. The molecule has 18 heavy (non-hydrogen) atoms. The smallest absolute Gasteiger partial charge is 0.253 e. The van der Waals surface area contributed by atoms with E-state index in [0.29, 0.717) is 17.8 Å². The zero-order valence-corrected chi connectivity index (χ0v) is 11.0. The molecule has 0 aliphatic carbocycles. The summed E-state index contributed by atoms with van der Waals surface area (Å²) in [4.78, 5) is 16.2. The first-order valence-corrected chi connectivity index (χ1v) is 6.58. The minimum atomic E-state index is -0.123. The van der Waals surface area contributed by atoms with Gasteiger partial charge in [-0.15, -0.1) is 11.3 Å². The van der Waals surface area contributed by atoms with Gasteiger partial charge in [-0.3, -0.25) is 4.79 Å². The van der Waals surface area contributed by atoms with Crippen LogP contribution in [-0.4, -0.2) is 17.4 Å². The van der Waals surface area contributed by atoms with Gasteiger partial charge < -0.3 is 11.1 Å². The second kappa shape index (κ2) is 5.64. The molecule has 0 atom stereocenters. The minimum absolute atomic E-state index is 0.123. The van der Waals surface area contributed by atoms with Gasteiger partial charge >= 0.3 is 0 Å². The highest BCUT2D eigenvalue weighted by Gasteiger charge is 2.11. The van der Waals surface area contributed by atoms with Crippen LogP contribution in [0, 0.1) is 6.92 Å². The van der Waals surface area contributed by atoms with Crippen molar-refractivity contribution in [1.29, 1.82) is 0 Å². The lowest BCUT2D eigenvalue weighted by Crippen LogP contribution is -2.27. The van der Waals surface area contributed by atoms with Crippen molar-refractivity contribution in [3.8, 4) is 0 Å². The van der Waals surface area contributed by atoms with Crippen LogP contribution in [0.5, 0.6) is 0 Å². The number of aromatic nitrogens is 1. The Morgan fingerprint density at radius 3 is 3.00 bits per heavy atom. The van der Waals surface area contributed by atoms with Gasteiger partial charge in [-0.2, -0.15) is 0 Å². The van der Waals surface area contributed by atoms with Crippen LogP contribution in [0.3, 0.4) is 0 Å². The van der Waals surface area contributed by atoms with Crippen molar-refractivity contribution >= 4 is 22.9 Å². The lowest BCUT2D eigenvalue weighted by Gasteiger charge is -2.09. The quantitative estimate of drug-likeness (QED) is 0.827. The molecule has 2 rings (SSSR count). The van der Waals surface area contributed by atoms with E-state index >= 15 is 0 Å². The number of benzene rings is 1. The fourth-order valence-electron chi connectivity index (χ4n) is 1.75. The molecule has 0 aliphatic rings. The summed E-state index contributed by atoms with van der Waals surface area (Å²) >= 11 is 1.59. The molecule has 0 unspecified atom stereocenters. The number of thiazole rings is 1. The molecule has 5 heteroatoms. The largest absolute Gasteiger partial charge is 0.398 e. The molecule has 1 amide bonds. The monoisotopic (exact) mass is 261 g/mol. The van der Waals surface area contributed by atoms with E-state index < -0.39 is 0 Å². The van der Waals surface area contributed by atoms with E-state index in [2.05, 4.69) is 10.3 Å². The summed E-state index contributed by atoms with van der Waals surface area (Å²) in [6, 6.07) is 5.46. The summed E-state index contributed by atoms with van der Waals surface area (Å²) in [5, 5.41) is 5.82. The first-order valence-electron chi connectivity index (χ1n) is 5.70. The molecule has 1 heterocycles. The van der Waals surface area contributed by atoms with E-state index in [1.807, 2.05) is 24.4 Å². The van der Waals surface area contributed by atoms with Crippen molar-refractivity contribution in [1.82, 2.24) is 10.3 Å². The number of rotatable bonds is 4. The first-order chi connectivity index (χ1) is 8.68. The maximum absolute atomic E-state index is 12.0. The van der Waals surface area contributed by atoms with Gasteiger partial charge in [0, 0.05) is 30.2 Å². The van der Waals surface area contributed by atoms with E-state index in [4.69, 9.17) is 5.73 Å². The van der Waals surface area contributed by atoms with Crippen molar-refractivity contribution in [2.75, 3.05) is 12.3 Å². The van der Waals surface area contributed by atoms with Gasteiger partial charge in [0.05, 0.1) is 10.6 Å². The minimum Gasteiger partial charge on any atom is -0.398 e. The van der Waals surface area contributed by atoms with Crippen molar-refractivity contribution in [2.45, 2.75) is 13.3 Å². The fraction of sp³-hybridized carbons (Fsp3) is 0.231. The average molecular weight is 261 g/mol. The zero-order chi connectivity index (χ0) is 13.0. The summed E-state index contributed by atoms with van der Waals surface area (Å²) in [5.74, 6) is -0.123. The van der Waals surface area contributed by atoms with Gasteiger partial charge in [-0.1, -0.05) is 12.1 Å². The molecule has 0 aliphatic heterocycles. The van der Waals surface area contributed by atoms with Gasteiger partial charge in [0.1, 0.15) is 0 Å². The number of nitrogens with one attached hydrogen (secondary N) is 1. The number of anilines is 1. The molecule has 0 bridgehead atoms. The number of carbonyl (C=O) groups is 1. The van der Waals surface area contributed by atoms with Crippen LogP contribution in [0.25, 0.3) is 0 Å². The Balaban J connectivity index is 1.96. The molecular formula is C13H15N3OS. The fourth-order valence-corrected chi connectivity index (χ4v) is 2.37. The number of amides is 1. The number of nitrogens with zero attached hydrogens (tertiary/aromatic N) is 1. The highest BCUT2D eigenvalue weighted by molar-refractivity contribution is 7.09. The topological polar surface area (TPSA) is 68.0 Å². The van der Waals surface area contributed by atoms with Crippen molar-refractivity contribution in [2.24, 2.45) is 0 Å². The van der Waals surface area contributed by atoms with Crippen molar-refractivity contribution < 1.29 is 4.79 Å². The molecule has 4 nitrogen and oxygen atoms in total. The number of nitrogen functional groups attached to an aromatic ring is 1. The van der Waals surface area contributed by atoms with Crippen LogP contribution in [0.4, 0.5) is 5.69 Å². The van der Waals surface area contributed by atoms with Crippen molar-refractivity contribution in [3.63, 3.8) is 0 Å². The Morgan fingerprint density at radius 2 is 2.33 bits per heavy atom. The van der Waals surface area contributed by atoms with E-state index in [1.165, 1.54) is 0 Å². The lowest BCUT2D eigenvalue weighted by atomic mass is 10.1. The highest BCUT2D eigenvalue weighted by Crippen LogP contribution is 2.15. The van der Waals surface area contributed by atoms with Gasteiger partial charge in [-0.05, 0) is 18.6 Å². The maximum Gasteiger partial charge on any atom is 0.253 e. The molecular weight excluding hydrogens is 246 g/mol. The van der Waals surface area contributed by atoms with E-state index in [-0.39, 0.29) is 5.91 Å². The predicted octanol–water partition coefficient (Wildman–Crippen LogP) is 2.01. The van der Waals surface area contributed by atoms with Gasteiger partial charge in [0.2, 0.25) is 0 Å². The molecule has 1 aromatic heterocycles. The summed E-state index contributed by atoms with van der Waals surface area (Å²) in [6.45, 7) is 2.45. The summed E-state index contributed by atoms with van der Waals surface area (Å²) < 4.78 is 0. The van der Waals surface area contributed by atoms with Gasteiger partial charge in [-0.25, -0.2) is 4.98 Å². The Bertz CT molecular complexity index is 517. The Morgan fingerprint density at radius 1 is 1.50 bits per heavy atom. The molecule has 3 N–H and O–H groups in total. The van der Waals surface area contributed by atoms with Crippen LogP contribution in [0.2, 0.25) is 0 Å². The molecule has 0 saturated heterocycles. The SMILES string of the molecule is Cc1cccc(N)c1C(=O)NCCc1nccs1. The number of aryl methyl sites for hydroxylation is 1.